The fraction of sp³-hybridized carbons (Fsp3) is 0.0833. The molecule has 1 saturated heterocycles. The smallest absolute Gasteiger partial charge is 0.293 e. The van der Waals surface area contributed by atoms with E-state index < -0.39 is 0 Å². The largest absolute Gasteiger partial charge is 0.486 e. The first-order valence-corrected chi connectivity index (χ1v) is 12.8. The number of amides is 2. The topological polar surface area (TPSA) is 46.6 Å². The van der Waals surface area contributed by atoms with Crippen molar-refractivity contribution in [3.8, 4) is 5.75 Å². The molecule has 4 rings (SSSR count). The Morgan fingerprint density at radius 1 is 0.970 bits per heavy atom. The molecule has 0 N–H and O–H groups in total. The van der Waals surface area contributed by atoms with Crippen LogP contribution in [0.3, 0.4) is 0 Å². The van der Waals surface area contributed by atoms with Crippen LogP contribution in [0.5, 0.6) is 5.75 Å². The lowest BCUT2D eigenvalue weighted by atomic mass is 10.2. The number of carbonyl (C=O) groups excluding carboxylic acids is 2. The molecular formula is C24H15Br2Cl2NO3S. The lowest BCUT2D eigenvalue weighted by Crippen LogP contribution is -2.27. The molecule has 3 aromatic rings. The van der Waals surface area contributed by atoms with E-state index in [-0.39, 0.29) is 24.3 Å². The van der Waals surface area contributed by atoms with E-state index in [0.29, 0.717) is 29.6 Å². The molecule has 2 amide bonds. The third-order valence-electron chi connectivity index (χ3n) is 4.76. The Balaban J connectivity index is 1.50. The van der Waals surface area contributed by atoms with Gasteiger partial charge in [-0.3, -0.25) is 14.5 Å². The summed E-state index contributed by atoms with van der Waals surface area (Å²) in [4.78, 5) is 26.9. The zero-order valence-corrected chi connectivity index (χ0v) is 22.4. The number of nitrogens with zero attached hydrogens (tertiary/aromatic N) is 1. The van der Waals surface area contributed by atoms with Gasteiger partial charge in [0.05, 0.1) is 20.4 Å². The molecule has 0 radical (unpaired) electrons. The molecule has 0 spiro atoms. The SMILES string of the molecule is O=C1S/C(=C/c2cc(Br)c(OCc3ccc(Cl)cc3Cl)c(Br)c2)C(=O)N1Cc1ccccc1. The number of hydrogen-bond acceptors (Lipinski definition) is 4. The van der Waals surface area contributed by atoms with Gasteiger partial charge in [0.1, 0.15) is 12.4 Å². The van der Waals surface area contributed by atoms with Gasteiger partial charge in [-0.25, -0.2) is 0 Å². The van der Waals surface area contributed by atoms with Gasteiger partial charge in [-0.1, -0.05) is 59.6 Å². The Bertz CT molecular complexity index is 1240. The zero-order valence-electron chi connectivity index (χ0n) is 16.9. The third-order valence-corrected chi connectivity index (χ3v) is 7.44. The summed E-state index contributed by atoms with van der Waals surface area (Å²) in [6.07, 6.45) is 1.70. The number of halogens is 4. The van der Waals surface area contributed by atoms with E-state index in [4.69, 9.17) is 27.9 Å². The summed E-state index contributed by atoms with van der Waals surface area (Å²) in [5.74, 6) is 0.286. The summed E-state index contributed by atoms with van der Waals surface area (Å²) in [5, 5.41) is 0.800. The van der Waals surface area contributed by atoms with E-state index in [9.17, 15) is 9.59 Å². The van der Waals surface area contributed by atoms with Crippen molar-refractivity contribution in [3.05, 3.63) is 101 Å². The Labute approximate surface area is 222 Å². The number of thioether (sulfide) groups is 1. The highest BCUT2D eigenvalue weighted by Crippen LogP contribution is 2.38. The van der Waals surface area contributed by atoms with E-state index in [1.807, 2.05) is 48.5 Å². The first-order chi connectivity index (χ1) is 15.8. The van der Waals surface area contributed by atoms with E-state index in [2.05, 4.69) is 31.9 Å². The van der Waals surface area contributed by atoms with Crippen LogP contribution < -0.4 is 4.74 Å². The molecule has 33 heavy (non-hydrogen) atoms. The van der Waals surface area contributed by atoms with Gasteiger partial charge in [0.15, 0.2) is 0 Å². The molecule has 0 aromatic heterocycles. The van der Waals surface area contributed by atoms with Gasteiger partial charge in [0.25, 0.3) is 11.1 Å². The average molecular weight is 628 g/mol. The standard InChI is InChI=1S/C24H15Br2Cl2NO3S/c25-18-8-15(9-19(26)22(18)32-13-16-6-7-17(27)11-20(16)28)10-21-23(30)29(24(31)33-21)12-14-4-2-1-3-5-14/h1-11H,12-13H2/b21-10+. The number of ether oxygens (including phenoxy) is 1. The van der Waals surface area contributed by atoms with E-state index in [1.165, 1.54) is 4.90 Å². The predicted molar refractivity (Wildman–Crippen MR) is 141 cm³/mol. The van der Waals surface area contributed by atoms with Gasteiger partial charge in [0.2, 0.25) is 0 Å². The van der Waals surface area contributed by atoms with Crippen molar-refractivity contribution in [2.75, 3.05) is 0 Å². The highest BCUT2D eigenvalue weighted by Gasteiger charge is 2.35. The maximum Gasteiger partial charge on any atom is 0.293 e. The first kappa shape index (κ1) is 24.4. The Hall–Kier alpha value is -1.77. The van der Waals surface area contributed by atoms with Crippen molar-refractivity contribution < 1.29 is 14.3 Å². The third kappa shape index (κ3) is 5.84. The van der Waals surface area contributed by atoms with Crippen molar-refractivity contribution in [2.45, 2.75) is 13.2 Å². The maximum atomic E-state index is 12.8. The molecule has 1 heterocycles. The van der Waals surface area contributed by atoms with Crippen LogP contribution in [-0.2, 0) is 17.9 Å². The van der Waals surface area contributed by atoms with Crippen molar-refractivity contribution >= 4 is 84.0 Å². The van der Waals surface area contributed by atoms with E-state index in [1.54, 1.807) is 18.2 Å². The summed E-state index contributed by atoms with van der Waals surface area (Å²) >= 11 is 20.2. The molecule has 168 valence electrons. The second-order valence-electron chi connectivity index (χ2n) is 7.09. The zero-order chi connectivity index (χ0) is 23.5. The molecule has 4 nitrogen and oxygen atoms in total. The first-order valence-electron chi connectivity index (χ1n) is 9.67. The van der Waals surface area contributed by atoms with Crippen molar-refractivity contribution in [1.82, 2.24) is 4.90 Å². The molecule has 1 aliphatic rings. The molecule has 3 aromatic carbocycles. The second-order valence-corrected chi connectivity index (χ2v) is 10.6. The van der Waals surface area contributed by atoms with Crippen molar-refractivity contribution in [3.63, 3.8) is 0 Å². The number of carbonyl (C=O) groups is 2. The number of imide groups is 1. The summed E-state index contributed by atoms with van der Waals surface area (Å²) < 4.78 is 7.33. The van der Waals surface area contributed by atoms with E-state index >= 15 is 0 Å². The Kier molecular flexibility index (Phi) is 7.87. The van der Waals surface area contributed by atoms with Crippen LogP contribution in [0, 0.1) is 0 Å². The van der Waals surface area contributed by atoms with Crippen LogP contribution in [0.4, 0.5) is 4.79 Å². The highest BCUT2D eigenvalue weighted by atomic mass is 79.9. The number of rotatable bonds is 6. The normalized spacial score (nSPS) is 14.9. The van der Waals surface area contributed by atoms with E-state index in [0.717, 1.165) is 28.5 Å². The fourth-order valence-corrected chi connectivity index (χ4v) is 5.90. The quantitative estimate of drug-likeness (QED) is 0.258. The molecule has 0 unspecified atom stereocenters. The Morgan fingerprint density at radius 2 is 1.67 bits per heavy atom. The van der Waals surface area contributed by atoms with Gasteiger partial charge in [-0.2, -0.15) is 0 Å². The van der Waals surface area contributed by atoms with Gasteiger partial charge >= 0.3 is 0 Å². The van der Waals surface area contributed by atoms with Crippen LogP contribution in [0.1, 0.15) is 16.7 Å². The van der Waals surface area contributed by atoms with Gasteiger partial charge < -0.3 is 4.74 Å². The molecule has 0 atom stereocenters. The predicted octanol–water partition coefficient (Wildman–Crippen LogP) is 8.33. The minimum absolute atomic E-state index is 0.246. The molecule has 1 fully saturated rings. The minimum Gasteiger partial charge on any atom is -0.486 e. The lowest BCUT2D eigenvalue weighted by molar-refractivity contribution is -0.123. The van der Waals surface area contributed by atoms with Crippen molar-refractivity contribution in [2.24, 2.45) is 0 Å². The minimum atomic E-state index is -0.307. The summed E-state index contributed by atoms with van der Waals surface area (Å²) in [6, 6.07) is 18.3. The van der Waals surface area contributed by atoms with Crippen LogP contribution >= 0.6 is 66.8 Å². The summed E-state index contributed by atoms with van der Waals surface area (Å²) in [6.45, 7) is 0.501. The molecule has 9 heteroatoms. The lowest BCUT2D eigenvalue weighted by Gasteiger charge is -2.13. The molecular weight excluding hydrogens is 613 g/mol. The summed E-state index contributed by atoms with van der Waals surface area (Å²) in [7, 11) is 0. The van der Waals surface area contributed by atoms with Gasteiger partial charge in [-0.15, -0.1) is 0 Å². The van der Waals surface area contributed by atoms with Gasteiger partial charge in [-0.05, 0) is 85.1 Å². The average Bonchev–Trinajstić information content (AvgIpc) is 3.02. The van der Waals surface area contributed by atoms with Gasteiger partial charge in [0, 0.05) is 15.6 Å². The maximum absolute atomic E-state index is 12.8. The highest BCUT2D eigenvalue weighted by molar-refractivity contribution is 9.11. The Morgan fingerprint density at radius 3 is 2.33 bits per heavy atom. The monoisotopic (exact) mass is 625 g/mol. The van der Waals surface area contributed by atoms with Crippen molar-refractivity contribution in [1.29, 1.82) is 0 Å². The molecule has 1 aliphatic heterocycles. The number of hydrogen-bond donors (Lipinski definition) is 0. The number of benzene rings is 3. The molecule has 0 bridgehead atoms. The molecule has 0 saturated carbocycles. The summed E-state index contributed by atoms with van der Waals surface area (Å²) in [5.41, 5.74) is 2.45. The van der Waals surface area contributed by atoms with Crippen LogP contribution in [0.15, 0.2) is 74.5 Å². The van der Waals surface area contributed by atoms with Crippen LogP contribution in [0.2, 0.25) is 10.0 Å². The fourth-order valence-electron chi connectivity index (χ4n) is 3.14. The van der Waals surface area contributed by atoms with Crippen LogP contribution in [0.25, 0.3) is 6.08 Å². The second kappa shape index (κ2) is 10.7. The molecule has 0 aliphatic carbocycles. The van der Waals surface area contributed by atoms with Crippen LogP contribution in [-0.4, -0.2) is 16.0 Å².